The Kier molecular flexibility index (Phi) is 7.24. The Hall–Kier alpha value is -0.560. The second-order valence-electron chi connectivity index (χ2n) is 4.55. The Bertz CT molecular complexity index is 218. The first-order chi connectivity index (χ1) is 7.88. The van der Waals surface area contributed by atoms with Crippen LogP contribution in [0.2, 0.25) is 0 Å². The quantitative estimate of drug-likeness (QED) is 0.516. The lowest BCUT2D eigenvalue weighted by atomic mass is 10.0. The number of rotatable bonds is 9. The van der Waals surface area contributed by atoms with E-state index in [1.165, 1.54) is 44.1 Å². The van der Waals surface area contributed by atoms with Gasteiger partial charge in [0.05, 0.1) is 6.10 Å². The number of hydrogen-bond acceptors (Lipinski definition) is 1. The summed E-state index contributed by atoms with van der Waals surface area (Å²) in [6.07, 6.45) is 15.7. The van der Waals surface area contributed by atoms with Gasteiger partial charge in [0, 0.05) is 6.61 Å². The van der Waals surface area contributed by atoms with Crippen LogP contribution >= 0.6 is 0 Å². The molecule has 1 aliphatic rings. The van der Waals surface area contributed by atoms with Gasteiger partial charge < -0.3 is 4.74 Å². The second kappa shape index (κ2) is 8.58. The third kappa shape index (κ3) is 4.98. The lowest BCUT2D eigenvalue weighted by Gasteiger charge is -2.18. The molecule has 0 spiro atoms. The molecule has 0 bridgehead atoms. The molecule has 1 atom stereocenters. The number of ether oxygens (including phenoxy) is 1. The van der Waals surface area contributed by atoms with Gasteiger partial charge in [-0.25, -0.2) is 0 Å². The average Bonchev–Trinajstić information content (AvgIpc) is 2.81. The third-order valence-corrected chi connectivity index (χ3v) is 3.06. The van der Waals surface area contributed by atoms with Crippen molar-refractivity contribution in [1.29, 1.82) is 0 Å². The monoisotopic (exact) mass is 222 g/mol. The number of hydrogen-bond donors (Lipinski definition) is 0. The minimum atomic E-state index is 0.358. The van der Waals surface area contributed by atoms with Crippen LogP contribution in [0.15, 0.2) is 23.8 Å². The van der Waals surface area contributed by atoms with Gasteiger partial charge in [-0.05, 0) is 24.8 Å². The van der Waals surface area contributed by atoms with Crippen molar-refractivity contribution in [3.05, 3.63) is 23.8 Å². The van der Waals surface area contributed by atoms with Gasteiger partial charge in [-0.3, -0.25) is 0 Å². The topological polar surface area (TPSA) is 9.23 Å². The molecule has 0 saturated heterocycles. The van der Waals surface area contributed by atoms with Crippen molar-refractivity contribution in [3.8, 4) is 0 Å². The Morgan fingerprint density at radius 2 is 2.00 bits per heavy atom. The molecule has 0 aromatic rings. The highest BCUT2D eigenvalue weighted by Gasteiger charge is 2.13. The fourth-order valence-corrected chi connectivity index (χ4v) is 2.01. The molecule has 16 heavy (non-hydrogen) atoms. The van der Waals surface area contributed by atoms with Crippen molar-refractivity contribution in [2.45, 2.75) is 64.9 Å². The zero-order valence-corrected chi connectivity index (χ0v) is 10.9. The molecule has 1 rings (SSSR count). The van der Waals surface area contributed by atoms with E-state index in [-0.39, 0.29) is 0 Å². The van der Waals surface area contributed by atoms with E-state index >= 15 is 0 Å². The van der Waals surface area contributed by atoms with E-state index < -0.39 is 0 Å². The van der Waals surface area contributed by atoms with E-state index in [9.17, 15) is 0 Å². The molecule has 0 aliphatic heterocycles. The van der Waals surface area contributed by atoms with Crippen molar-refractivity contribution in [3.63, 3.8) is 0 Å². The summed E-state index contributed by atoms with van der Waals surface area (Å²) in [5, 5.41) is 0. The highest BCUT2D eigenvalue weighted by atomic mass is 16.5. The Morgan fingerprint density at radius 1 is 1.19 bits per heavy atom. The highest BCUT2D eigenvalue weighted by molar-refractivity contribution is 5.29. The smallest absolute Gasteiger partial charge is 0.0821 e. The van der Waals surface area contributed by atoms with Gasteiger partial charge in [-0.2, -0.15) is 0 Å². The van der Waals surface area contributed by atoms with Crippen molar-refractivity contribution in [2.75, 3.05) is 6.61 Å². The Balaban J connectivity index is 2.32. The second-order valence-corrected chi connectivity index (χ2v) is 4.55. The van der Waals surface area contributed by atoms with Crippen molar-refractivity contribution < 1.29 is 4.74 Å². The maximum absolute atomic E-state index is 5.99. The predicted octanol–water partition coefficient (Wildman–Crippen LogP) is 4.64. The maximum atomic E-state index is 5.99. The lowest BCUT2D eigenvalue weighted by molar-refractivity contribution is 0.0702. The molecule has 1 nitrogen and oxygen atoms in total. The van der Waals surface area contributed by atoms with Crippen LogP contribution in [0.25, 0.3) is 0 Å². The van der Waals surface area contributed by atoms with Crippen LogP contribution < -0.4 is 0 Å². The van der Waals surface area contributed by atoms with Crippen LogP contribution in [0.1, 0.15) is 58.8 Å². The summed E-state index contributed by atoms with van der Waals surface area (Å²) in [7, 11) is 0. The molecule has 0 aromatic heterocycles. The molecule has 0 N–H and O–H groups in total. The van der Waals surface area contributed by atoms with Gasteiger partial charge in [0.1, 0.15) is 0 Å². The summed E-state index contributed by atoms with van der Waals surface area (Å²) < 4.78 is 5.99. The summed E-state index contributed by atoms with van der Waals surface area (Å²) in [4.78, 5) is 0. The fourth-order valence-electron chi connectivity index (χ4n) is 2.01. The summed E-state index contributed by atoms with van der Waals surface area (Å²) in [6, 6.07) is 0. The molecule has 1 aliphatic carbocycles. The normalized spacial score (nSPS) is 16.5. The van der Waals surface area contributed by atoms with Crippen LogP contribution in [0.5, 0.6) is 0 Å². The van der Waals surface area contributed by atoms with E-state index in [1.807, 2.05) is 0 Å². The average molecular weight is 222 g/mol. The molecule has 1 heteroatoms. The fraction of sp³-hybridized carbons (Fsp3) is 0.733. The lowest BCUT2D eigenvalue weighted by Crippen LogP contribution is -2.15. The maximum Gasteiger partial charge on any atom is 0.0821 e. The van der Waals surface area contributed by atoms with Gasteiger partial charge >= 0.3 is 0 Å². The molecule has 0 aromatic carbocycles. The predicted molar refractivity (Wildman–Crippen MR) is 70.6 cm³/mol. The van der Waals surface area contributed by atoms with Crippen molar-refractivity contribution in [1.82, 2.24) is 0 Å². The van der Waals surface area contributed by atoms with Crippen molar-refractivity contribution >= 4 is 0 Å². The summed E-state index contributed by atoms with van der Waals surface area (Å²) in [6.45, 7) is 5.38. The van der Waals surface area contributed by atoms with Crippen LogP contribution in [0.3, 0.4) is 0 Å². The Labute approximate surface area is 101 Å². The standard InChI is InChI=1S/C15H26O/c1-3-5-7-12-15(16-13-6-4-2)14-10-8-9-11-14/h8,10-11,15H,3-7,9,12-13H2,1-2H3. The van der Waals surface area contributed by atoms with E-state index in [4.69, 9.17) is 4.74 Å². The van der Waals surface area contributed by atoms with Crippen LogP contribution in [-0.2, 0) is 4.74 Å². The highest BCUT2D eigenvalue weighted by Crippen LogP contribution is 2.21. The first kappa shape index (κ1) is 13.5. The van der Waals surface area contributed by atoms with Crippen LogP contribution in [-0.4, -0.2) is 12.7 Å². The molecule has 1 unspecified atom stereocenters. The Morgan fingerprint density at radius 3 is 2.62 bits per heavy atom. The first-order valence-corrected chi connectivity index (χ1v) is 6.86. The molecule has 0 heterocycles. The molecule has 92 valence electrons. The third-order valence-electron chi connectivity index (χ3n) is 3.06. The van der Waals surface area contributed by atoms with Crippen LogP contribution in [0.4, 0.5) is 0 Å². The minimum Gasteiger partial charge on any atom is -0.374 e. The van der Waals surface area contributed by atoms with E-state index in [0.29, 0.717) is 6.10 Å². The molecule has 0 amide bonds. The molecule has 0 fully saturated rings. The van der Waals surface area contributed by atoms with E-state index in [1.54, 1.807) is 0 Å². The summed E-state index contributed by atoms with van der Waals surface area (Å²) >= 11 is 0. The van der Waals surface area contributed by atoms with Crippen molar-refractivity contribution in [2.24, 2.45) is 0 Å². The van der Waals surface area contributed by atoms with Gasteiger partial charge in [-0.15, -0.1) is 0 Å². The van der Waals surface area contributed by atoms with Gasteiger partial charge in [-0.1, -0.05) is 57.8 Å². The SMILES string of the molecule is CCCCCC(OCCCC)C1=CCC=C1. The van der Waals surface area contributed by atoms with E-state index in [0.717, 1.165) is 13.0 Å². The van der Waals surface area contributed by atoms with E-state index in [2.05, 4.69) is 32.1 Å². The van der Waals surface area contributed by atoms with Gasteiger partial charge in [0.25, 0.3) is 0 Å². The zero-order chi connectivity index (χ0) is 11.6. The largest absolute Gasteiger partial charge is 0.374 e. The summed E-state index contributed by atoms with van der Waals surface area (Å²) in [5.41, 5.74) is 1.41. The molecule has 0 radical (unpaired) electrons. The van der Waals surface area contributed by atoms with Crippen LogP contribution in [0, 0.1) is 0 Å². The minimum absolute atomic E-state index is 0.358. The molecular weight excluding hydrogens is 196 g/mol. The molecule has 0 saturated carbocycles. The molecular formula is C15H26O. The zero-order valence-electron chi connectivity index (χ0n) is 10.9. The summed E-state index contributed by atoms with van der Waals surface area (Å²) in [5.74, 6) is 0. The number of unbranched alkanes of at least 4 members (excludes halogenated alkanes) is 3. The van der Waals surface area contributed by atoms with Gasteiger partial charge in [0.15, 0.2) is 0 Å². The number of allylic oxidation sites excluding steroid dienone is 2. The first-order valence-electron chi connectivity index (χ1n) is 6.86. The van der Waals surface area contributed by atoms with Gasteiger partial charge in [0.2, 0.25) is 0 Å².